The number of nitrogens with one attached hydrogen (secondary N) is 1. The minimum atomic E-state index is -0.0403. The third kappa shape index (κ3) is 3.38. The lowest BCUT2D eigenvalue weighted by atomic mass is 9.97. The van der Waals surface area contributed by atoms with E-state index in [1.807, 2.05) is 0 Å². The number of amides is 1. The standard InChI is InChI=1S/C9H13BrN2OS/c1-9(2,4-10)5-12-8(13)7-3-11-6-14-7/h3,6H,4-5H2,1-2H3,(H,12,13). The molecule has 0 unspecified atom stereocenters. The van der Waals surface area contributed by atoms with Crippen molar-refractivity contribution in [2.24, 2.45) is 5.41 Å². The normalized spacial score (nSPS) is 11.4. The number of carbonyl (C=O) groups is 1. The number of alkyl halides is 1. The highest BCUT2D eigenvalue weighted by Gasteiger charge is 2.17. The molecular weight excluding hydrogens is 264 g/mol. The predicted molar refractivity (Wildman–Crippen MR) is 62.0 cm³/mol. The van der Waals surface area contributed by atoms with Crippen LogP contribution in [0.15, 0.2) is 11.7 Å². The summed E-state index contributed by atoms with van der Waals surface area (Å²) in [6.07, 6.45) is 1.58. The summed E-state index contributed by atoms with van der Waals surface area (Å²) < 4.78 is 0. The van der Waals surface area contributed by atoms with Crippen LogP contribution in [0.2, 0.25) is 0 Å². The van der Waals surface area contributed by atoms with Gasteiger partial charge in [-0.3, -0.25) is 9.78 Å². The molecule has 0 bridgehead atoms. The Bertz CT molecular complexity index is 298. The molecule has 0 aliphatic rings. The summed E-state index contributed by atoms with van der Waals surface area (Å²) in [5, 5.41) is 3.74. The minimum absolute atomic E-state index is 0.0403. The minimum Gasteiger partial charge on any atom is -0.351 e. The van der Waals surface area contributed by atoms with E-state index in [0.29, 0.717) is 11.4 Å². The summed E-state index contributed by atoms with van der Waals surface area (Å²) in [7, 11) is 0. The van der Waals surface area contributed by atoms with E-state index in [1.165, 1.54) is 11.3 Å². The molecule has 0 saturated heterocycles. The predicted octanol–water partition coefficient (Wildman–Crippen LogP) is 2.29. The smallest absolute Gasteiger partial charge is 0.263 e. The van der Waals surface area contributed by atoms with Crippen LogP contribution in [0, 0.1) is 5.41 Å². The molecular formula is C9H13BrN2OS. The molecule has 0 saturated carbocycles. The number of aromatic nitrogens is 1. The van der Waals surface area contributed by atoms with E-state index in [2.05, 4.69) is 40.1 Å². The summed E-state index contributed by atoms with van der Waals surface area (Å²) in [5.74, 6) is -0.0403. The van der Waals surface area contributed by atoms with Gasteiger partial charge in [-0.15, -0.1) is 11.3 Å². The van der Waals surface area contributed by atoms with Gasteiger partial charge in [0.2, 0.25) is 0 Å². The number of nitrogens with zero attached hydrogens (tertiary/aromatic N) is 1. The Labute approximate surface area is 96.1 Å². The van der Waals surface area contributed by atoms with Crippen molar-refractivity contribution in [1.29, 1.82) is 0 Å². The third-order valence-electron chi connectivity index (χ3n) is 1.75. The molecule has 5 heteroatoms. The molecule has 1 aromatic heterocycles. The zero-order valence-electron chi connectivity index (χ0n) is 8.21. The van der Waals surface area contributed by atoms with Crippen LogP contribution in [0.1, 0.15) is 23.5 Å². The first-order valence-corrected chi connectivity index (χ1v) is 6.28. The van der Waals surface area contributed by atoms with E-state index >= 15 is 0 Å². The Morgan fingerprint density at radius 3 is 2.93 bits per heavy atom. The first kappa shape index (κ1) is 11.7. The lowest BCUT2D eigenvalue weighted by Crippen LogP contribution is -2.34. The highest BCUT2D eigenvalue weighted by Crippen LogP contribution is 2.16. The summed E-state index contributed by atoms with van der Waals surface area (Å²) in [5.41, 5.74) is 1.74. The maximum absolute atomic E-state index is 11.5. The van der Waals surface area contributed by atoms with E-state index in [0.717, 1.165) is 5.33 Å². The topological polar surface area (TPSA) is 42.0 Å². The quantitative estimate of drug-likeness (QED) is 0.858. The van der Waals surface area contributed by atoms with Crippen LogP contribution < -0.4 is 5.32 Å². The van der Waals surface area contributed by atoms with Crippen LogP contribution in [-0.2, 0) is 0 Å². The molecule has 1 aromatic rings. The number of thiazole rings is 1. The van der Waals surface area contributed by atoms with Crippen LogP contribution in [0.25, 0.3) is 0 Å². The monoisotopic (exact) mass is 276 g/mol. The zero-order valence-corrected chi connectivity index (χ0v) is 10.6. The fourth-order valence-electron chi connectivity index (χ4n) is 0.782. The van der Waals surface area contributed by atoms with Crippen molar-refractivity contribution in [3.05, 3.63) is 16.6 Å². The van der Waals surface area contributed by atoms with Gasteiger partial charge in [0.25, 0.3) is 5.91 Å². The molecule has 1 heterocycles. The molecule has 1 N–H and O–H groups in total. The lowest BCUT2D eigenvalue weighted by molar-refractivity contribution is 0.0944. The molecule has 78 valence electrons. The molecule has 0 spiro atoms. The van der Waals surface area contributed by atoms with Crippen LogP contribution >= 0.6 is 27.3 Å². The molecule has 14 heavy (non-hydrogen) atoms. The number of carbonyl (C=O) groups excluding carboxylic acids is 1. The highest BCUT2D eigenvalue weighted by atomic mass is 79.9. The molecule has 0 aliphatic heterocycles. The molecule has 3 nitrogen and oxygen atoms in total. The molecule has 0 aromatic carbocycles. The van der Waals surface area contributed by atoms with E-state index in [4.69, 9.17) is 0 Å². The molecule has 0 aliphatic carbocycles. The van der Waals surface area contributed by atoms with Gasteiger partial charge in [-0.05, 0) is 5.41 Å². The summed E-state index contributed by atoms with van der Waals surface area (Å²) >= 11 is 4.76. The Balaban J connectivity index is 2.43. The Morgan fingerprint density at radius 1 is 1.71 bits per heavy atom. The van der Waals surface area contributed by atoms with Crippen molar-refractivity contribution in [3.63, 3.8) is 0 Å². The number of rotatable bonds is 4. The number of halogens is 1. The Hall–Kier alpha value is -0.420. The lowest BCUT2D eigenvalue weighted by Gasteiger charge is -2.21. The van der Waals surface area contributed by atoms with Crippen LogP contribution in [0.3, 0.4) is 0 Å². The average molecular weight is 277 g/mol. The first-order chi connectivity index (χ1) is 6.55. The second kappa shape index (κ2) is 4.89. The van der Waals surface area contributed by atoms with Crippen LogP contribution in [0.5, 0.6) is 0 Å². The van der Waals surface area contributed by atoms with Crippen molar-refractivity contribution >= 4 is 33.2 Å². The van der Waals surface area contributed by atoms with Crippen LogP contribution in [0.4, 0.5) is 0 Å². The first-order valence-electron chi connectivity index (χ1n) is 4.28. The largest absolute Gasteiger partial charge is 0.351 e. The van der Waals surface area contributed by atoms with Crippen molar-refractivity contribution in [3.8, 4) is 0 Å². The second-order valence-electron chi connectivity index (χ2n) is 3.85. The zero-order chi connectivity index (χ0) is 10.6. The Morgan fingerprint density at radius 2 is 2.43 bits per heavy atom. The Kier molecular flexibility index (Phi) is 4.07. The van der Waals surface area contributed by atoms with Crippen molar-refractivity contribution in [2.45, 2.75) is 13.8 Å². The average Bonchev–Trinajstić information content (AvgIpc) is 2.67. The van der Waals surface area contributed by atoms with E-state index in [9.17, 15) is 4.79 Å². The van der Waals surface area contributed by atoms with E-state index in [1.54, 1.807) is 11.7 Å². The fourth-order valence-corrected chi connectivity index (χ4v) is 1.52. The van der Waals surface area contributed by atoms with Gasteiger partial charge in [0.15, 0.2) is 0 Å². The SMILES string of the molecule is CC(C)(CBr)CNC(=O)c1cncs1. The molecule has 1 rings (SSSR count). The van der Waals surface area contributed by atoms with Gasteiger partial charge in [0, 0.05) is 11.9 Å². The van der Waals surface area contributed by atoms with Gasteiger partial charge in [-0.1, -0.05) is 29.8 Å². The molecule has 1 amide bonds. The highest BCUT2D eigenvalue weighted by molar-refractivity contribution is 9.09. The summed E-state index contributed by atoms with van der Waals surface area (Å²) in [4.78, 5) is 16.0. The van der Waals surface area contributed by atoms with Gasteiger partial charge in [0.1, 0.15) is 4.88 Å². The molecule has 0 atom stereocenters. The maximum atomic E-state index is 11.5. The van der Waals surface area contributed by atoms with Crippen molar-refractivity contribution in [2.75, 3.05) is 11.9 Å². The number of hydrogen-bond donors (Lipinski definition) is 1. The maximum Gasteiger partial charge on any atom is 0.263 e. The summed E-state index contributed by atoms with van der Waals surface area (Å²) in [6, 6.07) is 0. The van der Waals surface area contributed by atoms with Gasteiger partial charge in [-0.2, -0.15) is 0 Å². The molecule has 0 radical (unpaired) electrons. The fraction of sp³-hybridized carbons (Fsp3) is 0.556. The summed E-state index contributed by atoms with van der Waals surface area (Å²) in [6.45, 7) is 4.85. The van der Waals surface area contributed by atoms with Gasteiger partial charge in [0.05, 0.1) is 11.7 Å². The second-order valence-corrected chi connectivity index (χ2v) is 5.29. The van der Waals surface area contributed by atoms with Gasteiger partial charge < -0.3 is 5.32 Å². The van der Waals surface area contributed by atoms with E-state index < -0.39 is 0 Å². The van der Waals surface area contributed by atoms with Crippen molar-refractivity contribution in [1.82, 2.24) is 10.3 Å². The van der Waals surface area contributed by atoms with Gasteiger partial charge in [-0.25, -0.2) is 0 Å². The number of hydrogen-bond acceptors (Lipinski definition) is 3. The third-order valence-corrected chi connectivity index (χ3v) is 4.04. The van der Waals surface area contributed by atoms with Crippen LogP contribution in [-0.4, -0.2) is 22.8 Å². The molecule has 0 fully saturated rings. The van der Waals surface area contributed by atoms with Crippen molar-refractivity contribution < 1.29 is 4.79 Å². The van der Waals surface area contributed by atoms with E-state index in [-0.39, 0.29) is 11.3 Å². The van der Waals surface area contributed by atoms with Gasteiger partial charge >= 0.3 is 0 Å².